The van der Waals surface area contributed by atoms with Gasteiger partial charge in [-0.3, -0.25) is 9.59 Å². The Kier molecular flexibility index (Phi) is 7.50. The van der Waals surface area contributed by atoms with Gasteiger partial charge in [-0.1, -0.05) is 6.92 Å². The minimum absolute atomic E-state index is 0.181. The lowest BCUT2D eigenvalue weighted by molar-refractivity contribution is -0.143. The first-order valence-corrected chi connectivity index (χ1v) is 5.86. The molecule has 0 heterocycles. The molecule has 7 heteroatoms. The van der Waals surface area contributed by atoms with E-state index in [9.17, 15) is 14.4 Å². The van der Waals surface area contributed by atoms with Crippen molar-refractivity contribution in [3.8, 4) is 0 Å². The summed E-state index contributed by atoms with van der Waals surface area (Å²) in [6, 6.07) is -1.58. The number of amides is 2. The van der Waals surface area contributed by atoms with Gasteiger partial charge in [-0.2, -0.15) is 0 Å². The van der Waals surface area contributed by atoms with E-state index in [0.717, 1.165) is 0 Å². The third-order valence-electron chi connectivity index (χ3n) is 2.12. The Morgan fingerprint density at radius 1 is 1.33 bits per heavy atom. The quantitative estimate of drug-likeness (QED) is 0.648. The van der Waals surface area contributed by atoms with Crippen molar-refractivity contribution in [3.63, 3.8) is 0 Å². The standard InChI is InChI=1S/C11H20N2O5/c1-4-6-13(7-9(14)18-5-2)11(17)12-8(3)10(15)16/h8H,4-7H2,1-3H3,(H,12,17)(H,15,16). The number of esters is 1. The molecule has 0 aromatic carbocycles. The van der Waals surface area contributed by atoms with E-state index in [1.54, 1.807) is 6.92 Å². The summed E-state index contributed by atoms with van der Waals surface area (Å²) in [7, 11) is 0. The van der Waals surface area contributed by atoms with Gasteiger partial charge < -0.3 is 20.1 Å². The maximum atomic E-state index is 11.7. The topological polar surface area (TPSA) is 95.9 Å². The average Bonchev–Trinajstić information content (AvgIpc) is 2.28. The van der Waals surface area contributed by atoms with Crippen LogP contribution in [0.2, 0.25) is 0 Å². The van der Waals surface area contributed by atoms with Crippen molar-refractivity contribution in [2.24, 2.45) is 0 Å². The van der Waals surface area contributed by atoms with Crippen molar-refractivity contribution < 1.29 is 24.2 Å². The van der Waals surface area contributed by atoms with Gasteiger partial charge in [0.1, 0.15) is 12.6 Å². The molecule has 0 saturated carbocycles. The third kappa shape index (κ3) is 6.07. The predicted octanol–water partition coefficient (Wildman–Crippen LogP) is 0.444. The molecular formula is C11H20N2O5. The number of carboxylic acids is 1. The summed E-state index contributed by atoms with van der Waals surface area (Å²) in [6.07, 6.45) is 0.661. The SMILES string of the molecule is CCCN(CC(=O)OCC)C(=O)NC(C)C(=O)O. The molecule has 1 atom stereocenters. The molecule has 18 heavy (non-hydrogen) atoms. The van der Waals surface area contributed by atoms with Crippen molar-refractivity contribution in [1.82, 2.24) is 10.2 Å². The van der Waals surface area contributed by atoms with E-state index in [4.69, 9.17) is 9.84 Å². The van der Waals surface area contributed by atoms with Crippen LogP contribution in [0.5, 0.6) is 0 Å². The molecule has 1 unspecified atom stereocenters. The Morgan fingerprint density at radius 3 is 2.39 bits per heavy atom. The van der Waals surface area contributed by atoms with Gasteiger partial charge in [-0.05, 0) is 20.3 Å². The van der Waals surface area contributed by atoms with Gasteiger partial charge in [0.15, 0.2) is 0 Å². The van der Waals surface area contributed by atoms with Crippen molar-refractivity contribution in [2.45, 2.75) is 33.2 Å². The van der Waals surface area contributed by atoms with E-state index >= 15 is 0 Å². The molecule has 2 N–H and O–H groups in total. The molecule has 0 aliphatic rings. The zero-order chi connectivity index (χ0) is 14.1. The highest BCUT2D eigenvalue weighted by Gasteiger charge is 2.21. The largest absolute Gasteiger partial charge is 0.480 e. The number of carboxylic acid groups (broad SMARTS) is 1. The zero-order valence-corrected chi connectivity index (χ0v) is 10.9. The summed E-state index contributed by atoms with van der Waals surface area (Å²) < 4.78 is 4.74. The number of carbonyl (C=O) groups excluding carboxylic acids is 2. The van der Waals surface area contributed by atoms with E-state index < -0.39 is 24.0 Å². The number of carbonyl (C=O) groups is 3. The fourth-order valence-electron chi connectivity index (χ4n) is 1.22. The van der Waals surface area contributed by atoms with Gasteiger partial charge in [-0.15, -0.1) is 0 Å². The molecule has 0 aliphatic carbocycles. The van der Waals surface area contributed by atoms with Gasteiger partial charge in [0, 0.05) is 6.54 Å². The van der Waals surface area contributed by atoms with Crippen LogP contribution in [0, 0.1) is 0 Å². The van der Waals surface area contributed by atoms with Crippen LogP contribution in [0.3, 0.4) is 0 Å². The molecule has 0 saturated heterocycles. The lowest BCUT2D eigenvalue weighted by Crippen LogP contribution is -2.48. The number of rotatable bonds is 7. The van der Waals surface area contributed by atoms with Crippen molar-refractivity contribution in [3.05, 3.63) is 0 Å². The minimum atomic E-state index is -1.13. The highest BCUT2D eigenvalue weighted by Crippen LogP contribution is 1.96. The number of hydrogen-bond acceptors (Lipinski definition) is 4. The van der Waals surface area contributed by atoms with E-state index in [1.807, 2.05) is 6.92 Å². The third-order valence-corrected chi connectivity index (χ3v) is 2.12. The number of nitrogens with zero attached hydrogens (tertiary/aromatic N) is 1. The molecule has 0 spiro atoms. The molecule has 0 aromatic rings. The van der Waals surface area contributed by atoms with Crippen molar-refractivity contribution in [2.75, 3.05) is 19.7 Å². The Morgan fingerprint density at radius 2 is 1.94 bits per heavy atom. The Labute approximate surface area is 106 Å². The Bertz CT molecular complexity index is 306. The highest BCUT2D eigenvalue weighted by atomic mass is 16.5. The predicted molar refractivity (Wildman–Crippen MR) is 64.1 cm³/mol. The van der Waals surface area contributed by atoms with E-state index in [-0.39, 0.29) is 13.2 Å². The number of aliphatic carboxylic acids is 1. The van der Waals surface area contributed by atoms with Crippen LogP contribution in [0.4, 0.5) is 4.79 Å². The lowest BCUT2D eigenvalue weighted by Gasteiger charge is -2.22. The Hall–Kier alpha value is -1.79. The second kappa shape index (κ2) is 8.32. The van der Waals surface area contributed by atoms with Crippen molar-refractivity contribution >= 4 is 18.0 Å². The van der Waals surface area contributed by atoms with Crippen LogP contribution in [0.15, 0.2) is 0 Å². The fourth-order valence-corrected chi connectivity index (χ4v) is 1.22. The van der Waals surface area contributed by atoms with E-state index in [1.165, 1.54) is 11.8 Å². The van der Waals surface area contributed by atoms with Gasteiger partial charge >= 0.3 is 18.0 Å². The van der Waals surface area contributed by atoms with Crippen LogP contribution in [-0.4, -0.2) is 53.7 Å². The second-order valence-corrected chi connectivity index (χ2v) is 3.74. The molecule has 0 aromatic heterocycles. The van der Waals surface area contributed by atoms with Crippen LogP contribution >= 0.6 is 0 Å². The lowest BCUT2D eigenvalue weighted by atomic mass is 10.3. The van der Waals surface area contributed by atoms with Crippen LogP contribution in [0.25, 0.3) is 0 Å². The smallest absolute Gasteiger partial charge is 0.325 e. The average molecular weight is 260 g/mol. The molecule has 104 valence electrons. The van der Waals surface area contributed by atoms with Gasteiger partial charge in [-0.25, -0.2) is 4.79 Å². The first-order valence-electron chi connectivity index (χ1n) is 5.86. The summed E-state index contributed by atoms with van der Waals surface area (Å²) in [6.45, 7) is 5.30. The number of urea groups is 1. The minimum Gasteiger partial charge on any atom is -0.480 e. The first kappa shape index (κ1) is 16.2. The number of ether oxygens (including phenoxy) is 1. The summed E-state index contributed by atoms with van der Waals surface area (Å²) in [4.78, 5) is 34.9. The highest BCUT2D eigenvalue weighted by molar-refractivity contribution is 5.84. The Balaban J connectivity index is 4.44. The maximum absolute atomic E-state index is 11.7. The van der Waals surface area contributed by atoms with Gasteiger partial charge in [0.2, 0.25) is 0 Å². The van der Waals surface area contributed by atoms with Crippen LogP contribution < -0.4 is 5.32 Å². The monoisotopic (exact) mass is 260 g/mol. The molecular weight excluding hydrogens is 240 g/mol. The van der Waals surface area contributed by atoms with Gasteiger partial charge in [0.25, 0.3) is 0 Å². The molecule has 7 nitrogen and oxygen atoms in total. The second-order valence-electron chi connectivity index (χ2n) is 3.74. The summed E-state index contributed by atoms with van der Waals surface area (Å²) in [5.41, 5.74) is 0. The van der Waals surface area contributed by atoms with Crippen LogP contribution in [0.1, 0.15) is 27.2 Å². The molecule has 0 radical (unpaired) electrons. The molecule has 0 rings (SSSR count). The summed E-state index contributed by atoms with van der Waals surface area (Å²) in [5.74, 6) is -1.64. The van der Waals surface area contributed by atoms with E-state index in [0.29, 0.717) is 13.0 Å². The summed E-state index contributed by atoms with van der Waals surface area (Å²) in [5, 5.41) is 11.0. The number of hydrogen-bond donors (Lipinski definition) is 2. The summed E-state index contributed by atoms with van der Waals surface area (Å²) >= 11 is 0. The zero-order valence-electron chi connectivity index (χ0n) is 10.9. The normalized spacial score (nSPS) is 11.5. The first-order chi connectivity index (χ1) is 8.42. The fraction of sp³-hybridized carbons (Fsp3) is 0.727. The van der Waals surface area contributed by atoms with E-state index in [2.05, 4.69) is 5.32 Å². The van der Waals surface area contributed by atoms with Gasteiger partial charge in [0.05, 0.1) is 6.61 Å². The molecule has 0 bridgehead atoms. The number of nitrogens with one attached hydrogen (secondary N) is 1. The maximum Gasteiger partial charge on any atom is 0.325 e. The van der Waals surface area contributed by atoms with Crippen molar-refractivity contribution in [1.29, 1.82) is 0 Å². The van der Waals surface area contributed by atoms with Crippen LogP contribution in [-0.2, 0) is 14.3 Å². The molecule has 0 fully saturated rings. The molecule has 2 amide bonds. The molecule has 0 aliphatic heterocycles.